The maximum Gasteiger partial charge on any atom is 0.191 e. The second kappa shape index (κ2) is 10.00. The van der Waals surface area contributed by atoms with Gasteiger partial charge in [0.2, 0.25) is 0 Å². The molecule has 0 spiro atoms. The number of anilines is 1. The van der Waals surface area contributed by atoms with E-state index in [1.807, 2.05) is 18.2 Å². The van der Waals surface area contributed by atoms with E-state index < -0.39 is 0 Å². The molecule has 2 N–H and O–H groups in total. The average molecular weight is 381 g/mol. The van der Waals surface area contributed by atoms with Gasteiger partial charge in [-0.05, 0) is 37.5 Å². The normalized spacial score (nSPS) is 23.5. The summed E-state index contributed by atoms with van der Waals surface area (Å²) in [5.41, 5.74) is 1.17. The van der Waals surface area contributed by atoms with Gasteiger partial charge in [0.15, 0.2) is 5.96 Å². The minimum atomic E-state index is 0.281. The minimum Gasteiger partial charge on any atom is -0.377 e. The van der Waals surface area contributed by atoms with Gasteiger partial charge in [0.1, 0.15) is 0 Å². The summed E-state index contributed by atoms with van der Waals surface area (Å²) in [5.74, 6) is 0.823. The zero-order valence-electron chi connectivity index (χ0n) is 15.4. The number of halogens is 1. The minimum absolute atomic E-state index is 0.281. The van der Waals surface area contributed by atoms with Crippen molar-refractivity contribution in [3.63, 3.8) is 0 Å². The molecule has 2 aliphatic heterocycles. The summed E-state index contributed by atoms with van der Waals surface area (Å²) in [6.45, 7) is 4.90. The highest BCUT2D eigenvalue weighted by molar-refractivity contribution is 6.30. The molecule has 3 rings (SSSR count). The fourth-order valence-electron chi connectivity index (χ4n) is 3.41. The van der Waals surface area contributed by atoms with Gasteiger partial charge in [0, 0.05) is 50.0 Å². The largest absolute Gasteiger partial charge is 0.377 e. The van der Waals surface area contributed by atoms with Crippen LogP contribution >= 0.6 is 11.6 Å². The highest BCUT2D eigenvalue weighted by atomic mass is 35.5. The fourth-order valence-corrected chi connectivity index (χ4v) is 3.59. The third-order valence-electron chi connectivity index (χ3n) is 4.79. The molecular formula is C19H29ClN4O2. The molecule has 7 heteroatoms. The second-order valence-corrected chi connectivity index (χ2v) is 7.20. The standard InChI is InChI=1S/C19H29ClN4O2/c1-21-19(22-8-11-25-14-18-6-3-10-26-18)23-16-7-9-24(13-16)17-5-2-4-15(20)12-17/h2,4-5,12,16,18H,3,6-11,13-14H2,1H3,(H2,21,22,23). The Labute approximate surface area is 160 Å². The molecule has 2 heterocycles. The summed E-state index contributed by atoms with van der Waals surface area (Å²) in [6, 6.07) is 8.39. The average Bonchev–Trinajstić information content (AvgIpc) is 3.32. The summed E-state index contributed by atoms with van der Waals surface area (Å²) < 4.78 is 11.2. The smallest absolute Gasteiger partial charge is 0.191 e. The first-order chi connectivity index (χ1) is 12.7. The zero-order chi connectivity index (χ0) is 18.2. The van der Waals surface area contributed by atoms with E-state index in [9.17, 15) is 0 Å². The van der Waals surface area contributed by atoms with Crippen molar-refractivity contribution in [2.24, 2.45) is 4.99 Å². The Morgan fingerprint density at radius 2 is 2.35 bits per heavy atom. The third kappa shape index (κ3) is 5.76. The van der Waals surface area contributed by atoms with E-state index in [2.05, 4.69) is 26.6 Å². The summed E-state index contributed by atoms with van der Waals surface area (Å²) in [6.07, 6.45) is 3.61. The third-order valence-corrected chi connectivity index (χ3v) is 5.03. The Morgan fingerprint density at radius 3 is 3.12 bits per heavy atom. The fraction of sp³-hybridized carbons (Fsp3) is 0.632. The Kier molecular flexibility index (Phi) is 7.41. The van der Waals surface area contributed by atoms with Crippen LogP contribution in [0.2, 0.25) is 5.02 Å². The molecule has 2 fully saturated rings. The molecule has 0 aliphatic carbocycles. The number of nitrogens with zero attached hydrogens (tertiary/aromatic N) is 2. The van der Waals surface area contributed by atoms with Crippen LogP contribution in [0.25, 0.3) is 0 Å². The number of hydrogen-bond acceptors (Lipinski definition) is 4. The summed E-state index contributed by atoms with van der Waals surface area (Å²) in [4.78, 5) is 6.66. The number of hydrogen-bond donors (Lipinski definition) is 2. The summed E-state index contributed by atoms with van der Waals surface area (Å²) in [5, 5.41) is 7.59. The van der Waals surface area contributed by atoms with Crippen molar-refractivity contribution in [3.05, 3.63) is 29.3 Å². The molecule has 0 amide bonds. The van der Waals surface area contributed by atoms with Crippen molar-refractivity contribution in [2.45, 2.75) is 31.4 Å². The van der Waals surface area contributed by atoms with Crippen molar-refractivity contribution in [3.8, 4) is 0 Å². The lowest BCUT2D eigenvalue weighted by Crippen LogP contribution is -2.45. The Hall–Kier alpha value is -1.50. The van der Waals surface area contributed by atoms with Crippen LogP contribution in [-0.4, -0.2) is 64.6 Å². The van der Waals surface area contributed by atoms with Gasteiger partial charge in [-0.25, -0.2) is 0 Å². The van der Waals surface area contributed by atoms with Crippen LogP contribution in [0.15, 0.2) is 29.3 Å². The number of benzene rings is 1. The predicted molar refractivity (Wildman–Crippen MR) is 106 cm³/mol. The van der Waals surface area contributed by atoms with E-state index in [1.54, 1.807) is 7.05 Å². The van der Waals surface area contributed by atoms with Gasteiger partial charge >= 0.3 is 0 Å². The SMILES string of the molecule is CN=C(NCCOCC1CCCO1)NC1CCN(c2cccc(Cl)c2)C1. The van der Waals surface area contributed by atoms with Crippen LogP contribution in [0.1, 0.15) is 19.3 Å². The van der Waals surface area contributed by atoms with Crippen molar-refractivity contribution >= 4 is 23.2 Å². The van der Waals surface area contributed by atoms with Gasteiger partial charge in [-0.2, -0.15) is 0 Å². The highest BCUT2D eigenvalue weighted by Gasteiger charge is 2.23. The molecule has 0 radical (unpaired) electrons. The Balaban J connectivity index is 1.34. The van der Waals surface area contributed by atoms with Crippen LogP contribution in [0.4, 0.5) is 5.69 Å². The molecule has 2 aliphatic rings. The van der Waals surface area contributed by atoms with Crippen LogP contribution in [0.5, 0.6) is 0 Å². The Morgan fingerprint density at radius 1 is 1.42 bits per heavy atom. The molecule has 26 heavy (non-hydrogen) atoms. The first kappa shape index (κ1) is 19.3. The summed E-state index contributed by atoms with van der Waals surface area (Å²) >= 11 is 6.10. The first-order valence-electron chi connectivity index (χ1n) is 9.41. The van der Waals surface area contributed by atoms with E-state index >= 15 is 0 Å². The van der Waals surface area contributed by atoms with E-state index in [0.29, 0.717) is 19.3 Å². The molecule has 1 aromatic rings. The molecule has 1 aromatic carbocycles. The van der Waals surface area contributed by atoms with Crippen LogP contribution in [0.3, 0.4) is 0 Å². The van der Waals surface area contributed by atoms with Crippen molar-refractivity contribution in [1.29, 1.82) is 0 Å². The quantitative estimate of drug-likeness (QED) is 0.432. The molecule has 6 nitrogen and oxygen atoms in total. The lowest BCUT2D eigenvalue weighted by atomic mass is 10.2. The van der Waals surface area contributed by atoms with Gasteiger partial charge in [0.25, 0.3) is 0 Å². The van der Waals surface area contributed by atoms with Gasteiger partial charge < -0.3 is 25.0 Å². The van der Waals surface area contributed by atoms with E-state index in [0.717, 1.165) is 56.5 Å². The van der Waals surface area contributed by atoms with Gasteiger partial charge in [-0.15, -0.1) is 0 Å². The Bertz CT molecular complexity index is 593. The molecule has 0 bridgehead atoms. The number of rotatable bonds is 7. The number of ether oxygens (including phenoxy) is 2. The molecular weight excluding hydrogens is 352 g/mol. The zero-order valence-corrected chi connectivity index (χ0v) is 16.2. The molecule has 2 atom stereocenters. The van der Waals surface area contributed by atoms with Gasteiger partial charge in [-0.3, -0.25) is 4.99 Å². The van der Waals surface area contributed by atoms with Gasteiger partial charge in [-0.1, -0.05) is 17.7 Å². The summed E-state index contributed by atoms with van der Waals surface area (Å²) in [7, 11) is 1.80. The lowest BCUT2D eigenvalue weighted by molar-refractivity contribution is 0.0191. The number of guanidine groups is 1. The van der Waals surface area contributed by atoms with Gasteiger partial charge in [0.05, 0.1) is 19.3 Å². The second-order valence-electron chi connectivity index (χ2n) is 6.76. The highest BCUT2D eigenvalue weighted by Crippen LogP contribution is 2.23. The van der Waals surface area contributed by atoms with E-state index in [-0.39, 0.29) is 6.10 Å². The molecule has 144 valence electrons. The predicted octanol–water partition coefficient (Wildman–Crippen LogP) is 2.28. The first-order valence-corrected chi connectivity index (χ1v) is 9.79. The van der Waals surface area contributed by atoms with Crippen molar-refractivity contribution < 1.29 is 9.47 Å². The van der Waals surface area contributed by atoms with E-state index in [1.165, 1.54) is 5.69 Å². The van der Waals surface area contributed by atoms with Crippen LogP contribution < -0.4 is 15.5 Å². The monoisotopic (exact) mass is 380 g/mol. The van der Waals surface area contributed by atoms with Crippen molar-refractivity contribution in [2.75, 3.05) is 51.4 Å². The number of aliphatic imine (C=N–C) groups is 1. The molecule has 0 aromatic heterocycles. The maximum atomic E-state index is 6.10. The molecule has 2 saturated heterocycles. The molecule has 2 unspecified atom stereocenters. The number of nitrogens with one attached hydrogen (secondary N) is 2. The topological polar surface area (TPSA) is 58.1 Å². The van der Waals surface area contributed by atoms with Crippen molar-refractivity contribution in [1.82, 2.24) is 10.6 Å². The lowest BCUT2D eigenvalue weighted by Gasteiger charge is -2.20. The van der Waals surface area contributed by atoms with Crippen LogP contribution in [0, 0.1) is 0 Å². The van der Waals surface area contributed by atoms with Crippen LogP contribution in [-0.2, 0) is 9.47 Å². The molecule has 0 saturated carbocycles. The van der Waals surface area contributed by atoms with E-state index in [4.69, 9.17) is 21.1 Å². The maximum absolute atomic E-state index is 6.10.